The van der Waals surface area contributed by atoms with Crippen LogP contribution in [0.25, 0.3) is 0 Å². The van der Waals surface area contributed by atoms with Crippen molar-refractivity contribution in [2.24, 2.45) is 0 Å². The van der Waals surface area contributed by atoms with Crippen molar-refractivity contribution >= 4 is 6.03 Å². The Labute approximate surface area is 70.6 Å². The Morgan fingerprint density at radius 1 is 1.25 bits per heavy atom. The maximum Gasteiger partial charge on any atom is 0.343 e. The molecule has 0 aliphatic heterocycles. The first-order valence-electron chi connectivity index (χ1n) is 3.56. The number of hydrogen-bond acceptors (Lipinski definition) is 4. The van der Waals surface area contributed by atoms with Gasteiger partial charge in [0.15, 0.2) is 0 Å². The van der Waals surface area contributed by atoms with Crippen LogP contribution in [0.3, 0.4) is 0 Å². The molecule has 0 unspecified atom stereocenters. The quantitative estimate of drug-likeness (QED) is 0.369. The molecule has 0 aliphatic carbocycles. The second kappa shape index (κ2) is 5.76. The van der Waals surface area contributed by atoms with Crippen LogP contribution in [0, 0.1) is 0 Å². The summed E-state index contributed by atoms with van der Waals surface area (Å²) < 4.78 is 0. The van der Waals surface area contributed by atoms with E-state index in [9.17, 15) is 4.79 Å². The van der Waals surface area contributed by atoms with E-state index in [0.29, 0.717) is 5.06 Å². The van der Waals surface area contributed by atoms with Crippen molar-refractivity contribution in [3.8, 4) is 0 Å². The van der Waals surface area contributed by atoms with E-state index in [0.717, 1.165) is 4.90 Å². The average molecular weight is 178 g/mol. The lowest BCUT2D eigenvalue weighted by Crippen LogP contribution is -2.42. The number of aliphatic hydroxyl groups is 2. The maximum atomic E-state index is 11.0. The van der Waals surface area contributed by atoms with Crippen LogP contribution in [0.1, 0.15) is 0 Å². The second-order valence-corrected chi connectivity index (χ2v) is 2.24. The highest BCUT2D eigenvalue weighted by Gasteiger charge is 2.14. The van der Waals surface area contributed by atoms with Gasteiger partial charge in [-0.15, -0.1) is 0 Å². The molecule has 0 aromatic heterocycles. The minimum Gasteiger partial charge on any atom is -0.395 e. The van der Waals surface area contributed by atoms with E-state index >= 15 is 0 Å². The summed E-state index contributed by atoms with van der Waals surface area (Å²) in [6.45, 7) is -0.187. The normalized spacial score (nSPS) is 9.67. The van der Waals surface area contributed by atoms with Gasteiger partial charge in [-0.3, -0.25) is 5.21 Å². The molecule has 0 radical (unpaired) electrons. The number of urea groups is 1. The summed E-state index contributed by atoms with van der Waals surface area (Å²) in [4.78, 5) is 12.1. The van der Waals surface area contributed by atoms with E-state index in [1.165, 1.54) is 7.05 Å². The molecule has 3 N–H and O–H groups in total. The lowest BCUT2D eigenvalue weighted by Gasteiger charge is -2.22. The zero-order valence-corrected chi connectivity index (χ0v) is 6.97. The molecule has 0 heterocycles. The summed E-state index contributed by atoms with van der Waals surface area (Å²) in [5.74, 6) is 0. The SMILES string of the molecule is CN(O)C(=O)N(CCO)CCO. The fourth-order valence-corrected chi connectivity index (χ4v) is 0.749. The third-order valence-corrected chi connectivity index (χ3v) is 1.29. The van der Waals surface area contributed by atoms with Crippen LogP contribution >= 0.6 is 0 Å². The first kappa shape index (κ1) is 11.2. The molecule has 6 nitrogen and oxygen atoms in total. The molecule has 0 bridgehead atoms. The van der Waals surface area contributed by atoms with Crippen molar-refractivity contribution in [3.05, 3.63) is 0 Å². The van der Waals surface area contributed by atoms with Crippen molar-refractivity contribution < 1.29 is 20.2 Å². The number of hydrogen-bond donors (Lipinski definition) is 3. The molecule has 0 spiro atoms. The summed E-state index contributed by atoms with van der Waals surface area (Å²) >= 11 is 0. The molecule has 12 heavy (non-hydrogen) atoms. The molecule has 0 aromatic rings. The second-order valence-electron chi connectivity index (χ2n) is 2.24. The van der Waals surface area contributed by atoms with E-state index in [1.807, 2.05) is 0 Å². The van der Waals surface area contributed by atoms with Gasteiger partial charge in [0.1, 0.15) is 0 Å². The number of rotatable bonds is 4. The summed E-state index contributed by atoms with van der Waals surface area (Å²) in [6.07, 6.45) is 0. The number of amides is 2. The highest BCUT2D eigenvalue weighted by Crippen LogP contribution is 1.92. The molecule has 0 rings (SSSR count). The zero-order valence-electron chi connectivity index (χ0n) is 6.97. The summed E-state index contributed by atoms with van der Waals surface area (Å²) in [5.41, 5.74) is 0. The number of aliphatic hydroxyl groups excluding tert-OH is 2. The Kier molecular flexibility index (Phi) is 5.35. The Balaban J connectivity index is 3.99. The maximum absolute atomic E-state index is 11.0. The smallest absolute Gasteiger partial charge is 0.343 e. The van der Waals surface area contributed by atoms with E-state index in [-0.39, 0.29) is 26.3 Å². The lowest BCUT2D eigenvalue weighted by atomic mass is 10.5. The molecular weight excluding hydrogens is 164 g/mol. The van der Waals surface area contributed by atoms with Gasteiger partial charge >= 0.3 is 6.03 Å². The number of carbonyl (C=O) groups is 1. The average Bonchev–Trinajstić information content (AvgIpc) is 2.03. The highest BCUT2D eigenvalue weighted by molar-refractivity contribution is 5.72. The van der Waals surface area contributed by atoms with Gasteiger partial charge in [-0.2, -0.15) is 0 Å². The fourth-order valence-electron chi connectivity index (χ4n) is 0.749. The molecule has 0 aliphatic rings. The Bertz CT molecular complexity index is 134. The predicted octanol–water partition coefficient (Wildman–Crippen LogP) is -1.29. The van der Waals surface area contributed by atoms with Crippen LogP contribution in [0.4, 0.5) is 4.79 Å². The Hall–Kier alpha value is -0.850. The fraction of sp³-hybridized carbons (Fsp3) is 0.833. The number of carbonyl (C=O) groups excluding carboxylic acids is 1. The Morgan fingerprint density at radius 2 is 1.67 bits per heavy atom. The van der Waals surface area contributed by atoms with Gasteiger partial charge in [-0.05, 0) is 0 Å². The molecule has 72 valence electrons. The van der Waals surface area contributed by atoms with Crippen LogP contribution in [0.5, 0.6) is 0 Å². The molecule has 0 fully saturated rings. The van der Waals surface area contributed by atoms with Crippen LogP contribution in [0.2, 0.25) is 0 Å². The largest absolute Gasteiger partial charge is 0.395 e. The molecular formula is C6H14N2O4. The number of hydroxylamine groups is 2. The monoisotopic (exact) mass is 178 g/mol. The van der Waals surface area contributed by atoms with Crippen LogP contribution < -0.4 is 0 Å². The molecule has 0 saturated heterocycles. The van der Waals surface area contributed by atoms with Crippen molar-refractivity contribution in [1.29, 1.82) is 0 Å². The first-order valence-corrected chi connectivity index (χ1v) is 3.56. The molecule has 0 saturated carbocycles. The van der Waals surface area contributed by atoms with E-state index in [4.69, 9.17) is 15.4 Å². The van der Waals surface area contributed by atoms with E-state index in [1.54, 1.807) is 0 Å². The number of nitrogens with zero attached hydrogens (tertiary/aromatic N) is 2. The van der Waals surface area contributed by atoms with Gasteiger partial charge in [0.05, 0.1) is 13.2 Å². The standard InChI is InChI=1S/C6H14N2O4/c1-7(12)6(11)8(2-4-9)3-5-10/h9-10,12H,2-5H2,1H3. The predicted molar refractivity (Wildman–Crippen MR) is 40.7 cm³/mol. The zero-order chi connectivity index (χ0) is 9.56. The first-order chi connectivity index (χ1) is 5.63. The van der Waals surface area contributed by atoms with Crippen molar-refractivity contribution in [3.63, 3.8) is 0 Å². The van der Waals surface area contributed by atoms with Crippen LogP contribution in [-0.4, -0.2) is 64.8 Å². The van der Waals surface area contributed by atoms with Gasteiger partial charge in [0.2, 0.25) is 0 Å². The van der Waals surface area contributed by atoms with Crippen LogP contribution in [0.15, 0.2) is 0 Å². The lowest BCUT2D eigenvalue weighted by molar-refractivity contribution is -0.0359. The highest BCUT2D eigenvalue weighted by atomic mass is 16.5. The van der Waals surface area contributed by atoms with Crippen molar-refractivity contribution in [2.75, 3.05) is 33.4 Å². The Morgan fingerprint density at radius 3 is 1.92 bits per heavy atom. The topological polar surface area (TPSA) is 84.2 Å². The van der Waals surface area contributed by atoms with Gasteiger partial charge < -0.3 is 15.1 Å². The van der Waals surface area contributed by atoms with E-state index < -0.39 is 6.03 Å². The van der Waals surface area contributed by atoms with Crippen molar-refractivity contribution in [2.45, 2.75) is 0 Å². The molecule has 0 aromatic carbocycles. The third kappa shape index (κ3) is 3.51. The minimum absolute atomic E-state index is 0.101. The van der Waals surface area contributed by atoms with Gasteiger partial charge in [-0.25, -0.2) is 9.86 Å². The minimum atomic E-state index is -0.641. The van der Waals surface area contributed by atoms with Crippen LogP contribution in [-0.2, 0) is 0 Å². The van der Waals surface area contributed by atoms with E-state index in [2.05, 4.69) is 0 Å². The van der Waals surface area contributed by atoms with Gasteiger partial charge in [-0.1, -0.05) is 0 Å². The third-order valence-electron chi connectivity index (χ3n) is 1.29. The molecule has 6 heteroatoms. The summed E-state index contributed by atoms with van der Waals surface area (Å²) in [6, 6.07) is -0.641. The van der Waals surface area contributed by atoms with Crippen molar-refractivity contribution in [1.82, 2.24) is 9.96 Å². The molecule has 0 atom stereocenters. The summed E-state index contributed by atoms with van der Waals surface area (Å²) in [7, 11) is 1.18. The summed E-state index contributed by atoms with van der Waals surface area (Å²) in [5, 5.41) is 26.2. The van der Waals surface area contributed by atoms with Gasteiger partial charge in [0.25, 0.3) is 0 Å². The molecule has 2 amide bonds. The van der Waals surface area contributed by atoms with Gasteiger partial charge in [0, 0.05) is 20.1 Å².